The second kappa shape index (κ2) is 9.55. The van der Waals surface area contributed by atoms with E-state index in [1.165, 1.54) is 37.9 Å². The third-order valence-electron chi connectivity index (χ3n) is 5.34. The van der Waals surface area contributed by atoms with Crippen LogP contribution in [0.1, 0.15) is 30.4 Å². The number of hydrogen-bond donors (Lipinski definition) is 2. The van der Waals surface area contributed by atoms with Gasteiger partial charge in [-0.3, -0.25) is 4.90 Å². The highest BCUT2D eigenvalue weighted by Crippen LogP contribution is 2.23. The van der Waals surface area contributed by atoms with E-state index in [1.54, 1.807) is 18.5 Å². The van der Waals surface area contributed by atoms with Crippen molar-refractivity contribution in [3.63, 3.8) is 0 Å². The first kappa shape index (κ1) is 21.4. The van der Waals surface area contributed by atoms with Crippen molar-refractivity contribution in [2.24, 2.45) is 5.14 Å². The molecule has 162 valence electrons. The van der Waals surface area contributed by atoms with E-state index in [4.69, 9.17) is 5.14 Å². The fourth-order valence-corrected chi connectivity index (χ4v) is 4.51. The molecule has 4 rings (SSSR count). The molecule has 1 saturated heterocycles. The lowest BCUT2D eigenvalue weighted by Crippen LogP contribution is -2.29. The van der Waals surface area contributed by atoms with Gasteiger partial charge in [0.2, 0.25) is 10.0 Å². The van der Waals surface area contributed by atoms with E-state index in [0.29, 0.717) is 11.4 Å². The van der Waals surface area contributed by atoms with Gasteiger partial charge in [0, 0.05) is 23.9 Å². The van der Waals surface area contributed by atoms with Gasteiger partial charge in [-0.1, -0.05) is 36.8 Å². The Labute approximate surface area is 183 Å². The first-order valence-corrected chi connectivity index (χ1v) is 12.2. The van der Waals surface area contributed by atoms with Gasteiger partial charge < -0.3 is 5.32 Å². The summed E-state index contributed by atoms with van der Waals surface area (Å²) in [5, 5.41) is 8.35. The summed E-state index contributed by atoms with van der Waals surface area (Å²) < 4.78 is 22.5. The Hall–Kier alpha value is -2.81. The van der Waals surface area contributed by atoms with Crippen LogP contribution >= 0.6 is 0 Å². The summed E-state index contributed by atoms with van der Waals surface area (Å²) >= 11 is 0. The van der Waals surface area contributed by atoms with E-state index in [2.05, 4.69) is 44.5 Å². The van der Waals surface area contributed by atoms with E-state index in [-0.39, 0.29) is 5.75 Å². The Morgan fingerprint density at radius 1 is 0.935 bits per heavy atom. The van der Waals surface area contributed by atoms with Crippen LogP contribution in [0.25, 0.3) is 11.3 Å². The smallest absolute Gasteiger partial charge is 0.213 e. The van der Waals surface area contributed by atoms with Crippen molar-refractivity contribution < 1.29 is 8.42 Å². The van der Waals surface area contributed by atoms with E-state index in [0.717, 1.165) is 23.5 Å². The van der Waals surface area contributed by atoms with Crippen LogP contribution in [0.3, 0.4) is 0 Å². The maximum atomic E-state index is 11.2. The fraction of sp³-hybridized carbons (Fsp3) is 0.304. The first-order valence-electron chi connectivity index (χ1n) is 10.4. The van der Waals surface area contributed by atoms with Gasteiger partial charge in [-0.05, 0) is 55.3 Å². The van der Waals surface area contributed by atoms with Crippen molar-refractivity contribution >= 4 is 21.5 Å². The zero-order valence-corrected chi connectivity index (χ0v) is 18.2. The minimum atomic E-state index is -3.54. The Kier molecular flexibility index (Phi) is 6.60. The van der Waals surface area contributed by atoms with E-state index >= 15 is 0 Å². The second-order valence-corrected chi connectivity index (χ2v) is 9.57. The largest absolute Gasteiger partial charge is 0.340 e. The summed E-state index contributed by atoms with van der Waals surface area (Å²) in [7, 11) is -3.54. The van der Waals surface area contributed by atoms with Crippen molar-refractivity contribution in [2.75, 3.05) is 18.4 Å². The molecule has 1 aliphatic heterocycles. The van der Waals surface area contributed by atoms with E-state index in [9.17, 15) is 8.42 Å². The number of nitrogens with zero attached hydrogens (tertiary/aromatic N) is 3. The number of nitrogens with one attached hydrogen (secondary N) is 1. The molecule has 1 fully saturated rings. The maximum absolute atomic E-state index is 11.2. The van der Waals surface area contributed by atoms with Gasteiger partial charge in [0.05, 0.1) is 11.4 Å². The molecule has 3 N–H and O–H groups in total. The van der Waals surface area contributed by atoms with Gasteiger partial charge in [-0.15, -0.1) is 0 Å². The molecule has 0 unspecified atom stereocenters. The van der Waals surface area contributed by atoms with Gasteiger partial charge in [0.15, 0.2) is 0 Å². The molecule has 31 heavy (non-hydrogen) atoms. The Morgan fingerprint density at radius 3 is 2.45 bits per heavy atom. The SMILES string of the molecule is NS(=O)(=O)Cc1ccc(Nc2cc(-c3cccc(CN4CCCCC4)c3)ncn2)cc1. The standard InChI is InChI=1S/C23H27N5O2S/c24-31(29,30)16-18-7-9-21(10-8-18)27-23-14-22(25-17-26-23)20-6-4-5-19(13-20)15-28-11-2-1-3-12-28/h4-10,13-14,17H,1-3,11-12,15-16H2,(H2,24,29,30)(H,25,26,27). The Bertz CT molecular complexity index is 1130. The molecule has 0 radical (unpaired) electrons. The number of hydrogen-bond acceptors (Lipinski definition) is 6. The van der Waals surface area contributed by atoms with E-state index in [1.807, 2.05) is 18.2 Å². The third-order valence-corrected chi connectivity index (χ3v) is 6.07. The predicted octanol–water partition coefficient (Wildman–Crippen LogP) is 3.66. The second-order valence-electron chi connectivity index (χ2n) is 7.95. The van der Waals surface area contributed by atoms with Crippen LogP contribution in [0.5, 0.6) is 0 Å². The van der Waals surface area contributed by atoms with Crippen molar-refractivity contribution in [1.82, 2.24) is 14.9 Å². The highest BCUT2D eigenvalue weighted by Gasteiger charge is 2.11. The normalized spacial score (nSPS) is 15.0. The molecule has 7 nitrogen and oxygen atoms in total. The molecule has 0 spiro atoms. The lowest BCUT2D eigenvalue weighted by Gasteiger charge is -2.26. The number of nitrogens with two attached hydrogens (primary N) is 1. The third kappa shape index (κ3) is 6.33. The summed E-state index contributed by atoms with van der Waals surface area (Å²) in [5.74, 6) is 0.490. The maximum Gasteiger partial charge on any atom is 0.213 e. The minimum Gasteiger partial charge on any atom is -0.340 e. The lowest BCUT2D eigenvalue weighted by molar-refractivity contribution is 0.221. The van der Waals surface area contributed by atoms with Crippen LogP contribution in [0.15, 0.2) is 60.9 Å². The van der Waals surface area contributed by atoms with Crippen LogP contribution in [0.2, 0.25) is 0 Å². The van der Waals surface area contributed by atoms with Gasteiger partial charge in [-0.25, -0.2) is 23.5 Å². The lowest BCUT2D eigenvalue weighted by atomic mass is 10.1. The fourth-order valence-electron chi connectivity index (χ4n) is 3.85. The zero-order valence-electron chi connectivity index (χ0n) is 17.4. The minimum absolute atomic E-state index is 0.182. The molecule has 1 aromatic heterocycles. The van der Waals surface area contributed by atoms with Crippen LogP contribution in [-0.4, -0.2) is 36.4 Å². The summed E-state index contributed by atoms with van der Waals surface area (Å²) in [6.45, 7) is 3.30. The summed E-state index contributed by atoms with van der Waals surface area (Å²) in [5.41, 5.74) is 4.65. The molecule has 0 amide bonds. The monoisotopic (exact) mass is 437 g/mol. The number of likely N-dealkylation sites (tertiary alicyclic amines) is 1. The molecule has 2 heterocycles. The predicted molar refractivity (Wildman–Crippen MR) is 123 cm³/mol. The topological polar surface area (TPSA) is 101 Å². The molecular weight excluding hydrogens is 410 g/mol. The molecule has 0 saturated carbocycles. The Balaban J connectivity index is 1.46. The number of benzene rings is 2. The van der Waals surface area contributed by atoms with E-state index < -0.39 is 10.0 Å². The van der Waals surface area contributed by atoms with Gasteiger partial charge in [-0.2, -0.15) is 0 Å². The number of sulfonamides is 1. The Morgan fingerprint density at radius 2 is 1.71 bits per heavy atom. The average molecular weight is 438 g/mol. The first-order chi connectivity index (χ1) is 14.9. The molecule has 3 aromatic rings. The van der Waals surface area contributed by atoms with Crippen molar-refractivity contribution in [2.45, 2.75) is 31.6 Å². The molecule has 0 bridgehead atoms. The number of anilines is 2. The summed E-state index contributed by atoms with van der Waals surface area (Å²) in [4.78, 5) is 11.3. The number of rotatable bonds is 7. The molecule has 2 aromatic carbocycles. The van der Waals surface area contributed by atoms with Crippen LogP contribution in [-0.2, 0) is 22.3 Å². The van der Waals surface area contributed by atoms with Gasteiger partial charge >= 0.3 is 0 Å². The molecular formula is C23H27N5O2S. The summed E-state index contributed by atoms with van der Waals surface area (Å²) in [6.07, 6.45) is 5.44. The van der Waals surface area contributed by atoms with Gasteiger partial charge in [0.1, 0.15) is 12.1 Å². The molecule has 1 aliphatic rings. The van der Waals surface area contributed by atoms with Crippen molar-refractivity contribution in [1.29, 1.82) is 0 Å². The zero-order chi connectivity index (χ0) is 21.7. The van der Waals surface area contributed by atoms with Crippen LogP contribution in [0, 0.1) is 0 Å². The summed E-state index contributed by atoms with van der Waals surface area (Å²) in [6, 6.07) is 17.5. The van der Waals surface area contributed by atoms with Crippen LogP contribution in [0.4, 0.5) is 11.5 Å². The van der Waals surface area contributed by atoms with Crippen molar-refractivity contribution in [3.05, 3.63) is 72.1 Å². The quantitative estimate of drug-likeness (QED) is 0.585. The number of primary sulfonamides is 1. The highest BCUT2D eigenvalue weighted by atomic mass is 32.2. The van der Waals surface area contributed by atoms with Gasteiger partial charge in [0.25, 0.3) is 0 Å². The molecule has 8 heteroatoms. The van der Waals surface area contributed by atoms with Crippen LogP contribution < -0.4 is 10.5 Å². The highest BCUT2D eigenvalue weighted by molar-refractivity contribution is 7.88. The number of piperidine rings is 1. The molecule has 0 atom stereocenters. The molecule has 0 aliphatic carbocycles. The average Bonchev–Trinajstić information content (AvgIpc) is 2.75. The van der Waals surface area contributed by atoms with Crippen molar-refractivity contribution in [3.8, 4) is 11.3 Å². The number of aromatic nitrogens is 2.